The number of nitrogens with zero attached hydrogens (tertiary/aromatic N) is 3. The van der Waals surface area contributed by atoms with Crippen molar-refractivity contribution in [2.45, 2.75) is 25.3 Å². The second-order valence-corrected chi connectivity index (χ2v) is 6.14. The van der Waals surface area contributed by atoms with E-state index in [9.17, 15) is 4.79 Å². The number of piperidine rings is 1. The van der Waals surface area contributed by atoms with Crippen LogP contribution < -0.4 is 5.73 Å². The van der Waals surface area contributed by atoms with Crippen molar-refractivity contribution in [3.8, 4) is 0 Å². The van der Waals surface area contributed by atoms with Crippen molar-refractivity contribution in [1.29, 1.82) is 0 Å². The van der Waals surface area contributed by atoms with Crippen molar-refractivity contribution in [1.82, 2.24) is 14.7 Å². The molecule has 0 aromatic heterocycles. The third-order valence-electron chi connectivity index (χ3n) is 3.94. The van der Waals surface area contributed by atoms with E-state index in [1.807, 2.05) is 4.90 Å². The van der Waals surface area contributed by atoms with Crippen LogP contribution in [0.3, 0.4) is 0 Å². The third-order valence-corrected chi connectivity index (χ3v) is 3.94. The highest BCUT2D eigenvalue weighted by Gasteiger charge is 2.21. The first-order valence-electron chi connectivity index (χ1n) is 7.92. The number of rotatable bonds is 9. The predicted octanol–water partition coefficient (Wildman–Crippen LogP) is -0.164. The first-order valence-corrected chi connectivity index (χ1v) is 7.92. The molecule has 0 aromatic rings. The maximum Gasteiger partial charge on any atom is 0.236 e. The molecule has 21 heavy (non-hydrogen) atoms. The summed E-state index contributed by atoms with van der Waals surface area (Å²) in [7, 11) is 5.78. The van der Waals surface area contributed by atoms with E-state index >= 15 is 0 Å². The summed E-state index contributed by atoms with van der Waals surface area (Å²) in [5.74, 6) is 0.210. The number of hydrogen-bond donors (Lipinski definition) is 1. The molecule has 2 N–H and O–H groups in total. The van der Waals surface area contributed by atoms with Gasteiger partial charge >= 0.3 is 0 Å². The highest BCUT2D eigenvalue weighted by Crippen LogP contribution is 2.08. The van der Waals surface area contributed by atoms with Crippen LogP contribution in [-0.2, 0) is 9.53 Å². The van der Waals surface area contributed by atoms with E-state index in [1.54, 1.807) is 7.11 Å². The largest absolute Gasteiger partial charge is 0.383 e. The van der Waals surface area contributed by atoms with Crippen molar-refractivity contribution in [3.63, 3.8) is 0 Å². The summed E-state index contributed by atoms with van der Waals surface area (Å²) in [6, 6.07) is 0.307. The summed E-state index contributed by atoms with van der Waals surface area (Å²) >= 11 is 0. The van der Waals surface area contributed by atoms with Crippen LogP contribution in [0, 0.1) is 0 Å². The van der Waals surface area contributed by atoms with Gasteiger partial charge in [-0.3, -0.25) is 9.69 Å². The molecule has 0 spiro atoms. The van der Waals surface area contributed by atoms with Crippen molar-refractivity contribution in [2.24, 2.45) is 5.73 Å². The Morgan fingerprint density at radius 3 is 2.48 bits per heavy atom. The molecule has 1 fully saturated rings. The van der Waals surface area contributed by atoms with Gasteiger partial charge in [0, 0.05) is 39.3 Å². The van der Waals surface area contributed by atoms with E-state index in [-0.39, 0.29) is 5.91 Å². The van der Waals surface area contributed by atoms with Crippen molar-refractivity contribution < 1.29 is 9.53 Å². The van der Waals surface area contributed by atoms with E-state index < -0.39 is 0 Å². The number of carbonyl (C=O) groups is 1. The maximum atomic E-state index is 12.5. The van der Waals surface area contributed by atoms with Crippen LogP contribution in [0.15, 0.2) is 0 Å². The van der Waals surface area contributed by atoms with E-state index in [2.05, 4.69) is 23.9 Å². The van der Waals surface area contributed by atoms with Gasteiger partial charge in [-0.05, 0) is 39.9 Å². The van der Waals surface area contributed by atoms with Gasteiger partial charge in [0.05, 0.1) is 13.2 Å². The molecule has 0 unspecified atom stereocenters. The van der Waals surface area contributed by atoms with E-state index in [1.165, 1.54) is 0 Å². The standard InChI is InChI=1S/C15H32N4O2/c1-17(2)7-4-8-19(11-12-21-3)15(20)13-18-9-5-14(16)6-10-18/h14H,4-13,16H2,1-3H3. The van der Waals surface area contributed by atoms with Crippen LogP contribution in [0.2, 0.25) is 0 Å². The minimum absolute atomic E-state index is 0.210. The van der Waals surface area contributed by atoms with Crippen molar-refractivity contribution in [2.75, 3.05) is 67.1 Å². The Morgan fingerprint density at radius 1 is 1.24 bits per heavy atom. The number of methoxy groups -OCH3 is 1. The molecule has 6 heteroatoms. The zero-order valence-corrected chi connectivity index (χ0v) is 13.9. The Bertz CT molecular complexity index is 291. The molecule has 0 saturated carbocycles. The molecule has 0 aliphatic carbocycles. The molecule has 1 rings (SSSR count). The average Bonchev–Trinajstić information content (AvgIpc) is 2.44. The highest BCUT2D eigenvalue weighted by molar-refractivity contribution is 5.78. The van der Waals surface area contributed by atoms with Gasteiger partial charge in [-0.1, -0.05) is 0 Å². The van der Waals surface area contributed by atoms with Crippen LogP contribution in [0.5, 0.6) is 0 Å². The van der Waals surface area contributed by atoms with Crippen LogP contribution in [0.4, 0.5) is 0 Å². The first-order chi connectivity index (χ1) is 10.0. The summed E-state index contributed by atoms with van der Waals surface area (Å²) in [4.78, 5) is 18.8. The van der Waals surface area contributed by atoms with Gasteiger partial charge in [-0.15, -0.1) is 0 Å². The summed E-state index contributed by atoms with van der Waals surface area (Å²) in [5, 5.41) is 0. The molecule has 0 bridgehead atoms. The molecule has 0 aromatic carbocycles. The van der Waals surface area contributed by atoms with Gasteiger partial charge in [-0.25, -0.2) is 0 Å². The van der Waals surface area contributed by atoms with E-state index in [0.717, 1.165) is 45.4 Å². The van der Waals surface area contributed by atoms with Crippen LogP contribution in [0.1, 0.15) is 19.3 Å². The van der Waals surface area contributed by atoms with Crippen molar-refractivity contribution >= 4 is 5.91 Å². The van der Waals surface area contributed by atoms with Gasteiger partial charge in [0.2, 0.25) is 5.91 Å². The van der Waals surface area contributed by atoms with Crippen molar-refractivity contribution in [3.05, 3.63) is 0 Å². The molecule has 1 heterocycles. The summed E-state index contributed by atoms with van der Waals surface area (Å²) in [5.41, 5.74) is 5.90. The fourth-order valence-electron chi connectivity index (χ4n) is 2.54. The Labute approximate surface area is 129 Å². The monoisotopic (exact) mass is 300 g/mol. The number of carbonyl (C=O) groups excluding carboxylic acids is 1. The number of nitrogens with two attached hydrogens (primary N) is 1. The molecule has 0 atom stereocenters. The molecule has 1 amide bonds. The molecular formula is C15H32N4O2. The van der Waals surface area contributed by atoms with Gasteiger partial charge in [0.1, 0.15) is 0 Å². The number of hydrogen-bond acceptors (Lipinski definition) is 5. The summed E-state index contributed by atoms with van der Waals surface area (Å²) < 4.78 is 5.12. The number of ether oxygens (including phenoxy) is 1. The lowest BCUT2D eigenvalue weighted by molar-refractivity contribution is -0.133. The van der Waals surface area contributed by atoms with E-state index in [4.69, 9.17) is 10.5 Å². The molecule has 6 nitrogen and oxygen atoms in total. The van der Waals surface area contributed by atoms with Crippen LogP contribution in [0.25, 0.3) is 0 Å². The molecule has 1 aliphatic heterocycles. The number of likely N-dealkylation sites (tertiary alicyclic amines) is 1. The molecule has 1 aliphatic rings. The lowest BCUT2D eigenvalue weighted by atomic mass is 10.1. The van der Waals surface area contributed by atoms with Gasteiger partial charge in [-0.2, -0.15) is 0 Å². The molecular weight excluding hydrogens is 268 g/mol. The Balaban J connectivity index is 2.38. The Kier molecular flexibility index (Phi) is 8.84. The maximum absolute atomic E-state index is 12.5. The Morgan fingerprint density at radius 2 is 1.90 bits per heavy atom. The second kappa shape index (κ2) is 10.1. The Hall–Kier alpha value is -0.690. The highest BCUT2D eigenvalue weighted by atomic mass is 16.5. The van der Waals surface area contributed by atoms with Gasteiger partial charge in [0.15, 0.2) is 0 Å². The normalized spacial score (nSPS) is 17.4. The van der Waals surface area contributed by atoms with Crippen LogP contribution in [-0.4, -0.2) is 93.7 Å². The lowest BCUT2D eigenvalue weighted by Gasteiger charge is -2.32. The van der Waals surface area contributed by atoms with E-state index in [0.29, 0.717) is 25.7 Å². The fraction of sp³-hybridized carbons (Fsp3) is 0.933. The smallest absolute Gasteiger partial charge is 0.236 e. The minimum atomic E-state index is 0.210. The van der Waals surface area contributed by atoms with Gasteiger partial charge in [0.25, 0.3) is 0 Å². The zero-order chi connectivity index (χ0) is 15.7. The lowest BCUT2D eigenvalue weighted by Crippen LogP contribution is -2.46. The summed E-state index contributed by atoms with van der Waals surface area (Å²) in [6.07, 6.45) is 2.98. The average molecular weight is 300 g/mol. The van der Waals surface area contributed by atoms with Gasteiger partial charge < -0.3 is 20.3 Å². The minimum Gasteiger partial charge on any atom is -0.383 e. The summed E-state index contributed by atoms with van der Waals surface area (Å²) in [6.45, 7) is 5.45. The molecule has 124 valence electrons. The fourth-order valence-corrected chi connectivity index (χ4v) is 2.54. The first kappa shape index (κ1) is 18.4. The molecule has 0 radical (unpaired) electrons. The molecule has 1 saturated heterocycles. The quantitative estimate of drug-likeness (QED) is 0.641. The zero-order valence-electron chi connectivity index (χ0n) is 13.9. The SMILES string of the molecule is COCCN(CCCN(C)C)C(=O)CN1CCC(N)CC1. The predicted molar refractivity (Wildman–Crippen MR) is 85.3 cm³/mol. The van der Waals surface area contributed by atoms with Crippen LogP contribution >= 0.6 is 0 Å². The number of amides is 1. The topological polar surface area (TPSA) is 62.0 Å². The third kappa shape index (κ3) is 7.76. The second-order valence-electron chi connectivity index (χ2n) is 6.14.